The molecule has 2 aromatic rings. The van der Waals surface area contributed by atoms with Crippen LogP contribution in [0.1, 0.15) is 29.1 Å². The van der Waals surface area contributed by atoms with E-state index in [0.29, 0.717) is 0 Å². The molecule has 0 aliphatic carbocycles. The SMILES string of the molecule is Cc1cc(C)n(C2CN(C[C@H](O)c3cc(F)ccc3F)C2)n1. The first-order valence-electron chi connectivity index (χ1n) is 7.32. The topological polar surface area (TPSA) is 41.3 Å². The highest BCUT2D eigenvalue weighted by Gasteiger charge is 2.31. The number of aromatic nitrogens is 2. The standard InChI is InChI=1S/C16H19F2N3O/c1-10-5-11(2)21(19-10)13-7-20(8-13)9-16(22)14-6-12(17)3-4-15(14)18/h3-6,13,16,22H,7-9H2,1-2H3/t16-/m0/s1. The van der Waals surface area contributed by atoms with Crippen LogP contribution in [0.25, 0.3) is 0 Å². The molecule has 0 spiro atoms. The van der Waals surface area contributed by atoms with Gasteiger partial charge in [-0.3, -0.25) is 9.58 Å². The van der Waals surface area contributed by atoms with Gasteiger partial charge in [0.2, 0.25) is 0 Å². The molecule has 118 valence electrons. The molecular formula is C16H19F2N3O. The fourth-order valence-corrected chi connectivity index (χ4v) is 2.97. The highest BCUT2D eigenvalue weighted by atomic mass is 19.1. The zero-order chi connectivity index (χ0) is 15.9. The Morgan fingerprint density at radius 3 is 2.64 bits per heavy atom. The highest BCUT2D eigenvalue weighted by molar-refractivity contribution is 5.21. The molecule has 1 saturated heterocycles. The molecule has 1 N–H and O–H groups in total. The Labute approximate surface area is 128 Å². The van der Waals surface area contributed by atoms with Crippen LogP contribution in [-0.2, 0) is 0 Å². The van der Waals surface area contributed by atoms with Gasteiger partial charge in [0.25, 0.3) is 0 Å². The van der Waals surface area contributed by atoms with Crippen molar-refractivity contribution in [3.8, 4) is 0 Å². The number of β-amino-alcohol motifs (C(OH)–C–C–N with tert-alkyl or cyclic N) is 1. The number of aliphatic hydroxyl groups is 1. The molecule has 1 aliphatic rings. The number of aryl methyl sites for hydroxylation is 2. The summed E-state index contributed by atoms with van der Waals surface area (Å²) < 4.78 is 28.8. The van der Waals surface area contributed by atoms with E-state index >= 15 is 0 Å². The highest BCUT2D eigenvalue weighted by Crippen LogP contribution is 2.26. The molecule has 0 bridgehead atoms. The molecule has 1 aromatic carbocycles. The quantitative estimate of drug-likeness (QED) is 0.943. The Morgan fingerprint density at radius 1 is 1.27 bits per heavy atom. The van der Waals surface area contributed by atoms with E-state index in [2.05, 4.69) is 5.10 Å². The molecule has 1 aliphatic heterocycles. The first-order chi connectivity index (χ1) is 10.4. The maximum Gasteiger partial charge on any atom is 0.129 e. The van der Waals surface area contributed by atoms with E-state index in [-0.39, 0.29) is 18.2 Å². The van der Waals surface area contributed by atoms with Crippen molar-refractivity contribution in [3.63, 3.8) is 0 Å². The third kappa shape index (κ3) is 2.89. The largest absolute Gasteiger partial charge is 0.387 e. The lowest BCUT2D eigenvalue weighted by atomic mass is 10.0. The summed E-state index contributed by atoms with van der Waals surface area (Å²) in [6.07, 6.45) is -1.03. The summed E-state index contributed by atoms with van der Waals surface area (Å²) in [4.78, 5) is 2.01. The molecule has 0 unspecified atom stereocenters. The minimum atomic E-state index is -1.03. The van der Waals surface area contributed by atoms with Gasteiger partial charge in [-0.2, -0.15) is 5.10 Å². The van der Waals surface area contributed by atoms with Crippen LogP contribution in [0, 0.1) is 25.5 Å². The van der Waals surface area contributed by atoms with Crippen molar-refractivity contribution < 1.29 is 13.9 Å². The average molecular weight is 307 g/mol. The Kier molecular flexibility index (Phi) is 3.97. The summed E-state index contributed by atoms with van der Waals surface area (Å²) in [7, 11) is 0. The van der Waals surface area contributed by atoms with Crippen molar-refractivity contribution in [2.24, 2.45) is 0 Å². The molecule has 2 heterocycles. The van der Waals surface area contributed by atoms with Crippen LogP contribution in [0.4, 0.5) is 8.78 Å². The second kappa shape index (κ2) is 5.78. The maximum atomic E-state index is 13.6. The third-order valence-electron chi connectivity index (χ3n) is 4.08. The van der Waals surface area contributed by atoms with Gasteiger partial charge in [0, 0.05) is 30.9 Å². The maximum absolute atomic E-state index is 13.6. The van der Waals surface area contributed by atoms with Crippen LogP contribution in [0.5, 0.6) is 0 Å². The summed E-state index contributed by atoms with van der Waals surface area (Å²) >= 11 is 0. The molecule has 1 fully saturated rings. The van der Waals surface area contributed by atoms with Crippen molar-refractivity contribution in [1.82, 2.24) is 14.7 Å². The van der Waals surface area contributed by atoms with Crippen molar-refractivity contribution in [2.75, 3.05) is 19.6 Å². The summed E-state index contributed by atoms with van der Waals surface area (Å²) in [5, 5.41) is 14.6. The summed E-state index contributed by atoms with van der Waals surface area (Å²) in [6.45, 7) is 5.75. The van der Waals surface area contributed by atoms with Gasteiger partial charge in [0.1, 0.15) is 11.6 Å². The van der Waals surface area contributed by atoms with Crippen LogP contribution in [0.3, 0.4) is 0 Å². The molecule has 3 rings (SSSR count). The fourth-order valence-electron chi connectivity index (χ4n) is 2.97. The van der Waals surface area contributed by atoms with Gasteiger partial charge in [0.15, 0.2) is 0 Å². The lowest BCUT2D eigenvalue weighted by Gasteiger charge is -2.40. The first kappa shape index (κ1) is 15.1. The van der Waals surface area contributed by atoms with Gasteiger partial charge in [0.05, 0.1) is 17.8 Å². The van der Waals surface area contributed by atoms with Gasteiger partial charge < -0.3 is 5.11 Å². The normalized spacial score (nSPS) is 17.5. The molecule has 0 radical (unpaired) electrons. The first-order valence-corrected chi connectivity index (χ1v) is 7.32. The van der Waals surface area contributed by atoms with Crippen LogP contribution < -0.4 is 0 Å². The average Bonchev–Trinajstić information content (AvgIpc) is 2.74. The lowest BCUT2D eigenvalue weighted by molar-refractivity contribution is 0.0379. The molecule has 4 nitrogen and oxygen atoms in total. The van der Waals surface area contributed by atoms with Crippen LogP contribution in [0.15, 0.2) is 24.3 Å². The van der Waals surface area contributed by atoms with Gasteiger partial charge >= 0.3 is 0 Å². The molecule has 1 aromatic heterocycles. The molecule has 0 amide bonds. The van der Waals surface area contributed by atoms with E-state index in [1.807, 2.05) is 29.5 Å². The number of rotatable bonds is 4. The van der Waals surface area contributed by atoms with E-state index in [0.717, 1.165) is 42.7 Å². The van der Waals surface area contributed by atoms with Crippen LogP contribution in [0.2, 0.25) is 0 Å². The molecule has 6 heteroatoms. The van der Waals surface area contributed by atoms with Crippen molar-refractivity contribution in [2.45, 2.75) is 26.0 Å². The van der Waals surface area contributed by atoms with E-state index in [4.69, 9.17) is 0 Å². The zero-order valence-electron chi connectivity index (χ0n) is 12.6. The number of nitrogens with zero attached hydrogens (tertiary/aromatic N) is 3. The smallest absolute Gasteiger partial charge is 0.129 e. The van der Waals surface area contributed by atoms with Gasteiger partial charge in [-0.15, -0.1) is 0 Å². The van der Waals surface area contributed by atoms with Crippen LogP contribution >= 0.6 is 0 Å². The number of aliphatic hydroxyl groups excluding tert-OH is 1. The molecular weight excluding hydrogens is 288 g/mol. The fraction of sp³-hybridized carbons (Fsp3) is 0.438. The molecule has 1 atom stereocenters. The van der Waals surface area contributed by atoms with E-state index in [1.165, 1.54) is 0 Å². The second-order valence-electron chi connectivity index (χ2n) is 5.93. The minimum absolute atomic E-state index is 0.00886. The zero-order valence-corrected chi connectivity index (χ0v) is 12.6. The predicted octanol–water partition coefficient (Wildman–Crippen LogP) is 2.37. The Bertz CT molecular complexity index is 680. The Hall–Kier alpha value is -1.79. The lowest BCUT2D eigenvalue weighted by Crippen LogP contribution is -2.49. The minimum Gasteiger partial charge on any atom is -0.387 e. The molecule has 22 heavy (non-hydrogen) atoms. The Balaban J connectivity index is 1.60. The third-order valence-corrected chi connectivity index (χ3v) is 4.08. The van der Waals surface area contributed by atoms with E-state index in [1.54, 1.807) is 0 Å². The van der Waals surface area contributed by atoms with E-state index in [9.17, 15) is 13.9 Å². The molecule has 0 saturated carbocycles. The van der Waals surface area contributed by atoms with Gasteiger partial charge in [-0.1, -0.05) is 0 Å². The number of benzene rings is 1. The van der Waals surface area contributed by atoms with Crippen LogP contribution in [-0.4, -0.2) is 39.4 Å². The van der Waals surface area contributed by atoms with Gasteiger partial charge in [-0.25, -0.2) is 8.78 Å². The van der Waals surface area contributed by atoms with Gasteiger partial charge in [-0.05, 0) is 38.1 Å². The van der Waals surface area contributed by atoms with E-state index < -0.39 is 17.7 Å². The van der Waals surface area contributed by atoms with Crippen molar-refractivity contribution in [3.05, 3.63) is 52.9 Å². The summed E-state index contributed by atoms with van der Waals surface area (Å²) in [6, 6.07) is 5.45. The predicted molar refractivity (Wildman–Crippen MR) is 78.5 cm³/mol. The Morgan fingerprint density at radius 2 is 2.00 bits per heavy atom. The monoisotopic (exact) mass is 307 g/mol. The van der Waals surface area contributed by atoms with Crippen molar-refractivity contribution in [1.29, 1.82) is 0 Å². The number of hydrogen-bond donors (Lipinski definition) is 1. The summed E-state index contributed by atoms with van der Waals surface area (Å²) in [5.41, 5.74) is 2.10. The number of hydrogen-bond acceptors (Lipinski definition) is 3. The second-order valence-corrected chi connectivity index (χ2v) is 5.93. The number of likely N-dealkylation sites (tertiary alicyclic amines) is 1. The summed E-state index contributed by atoms with van der Waals surface area (Å²) in [5.74, 6) is -1.12. The van der Waals surface area contributed by atoms with Crippen molar-refractivity contribution >= 4 is 0 Å². The number of halogens is 2.